The monoisotopic (exact) mass is 237 g/mol. The highest BCUT2D eigenvalue weighted by Crippen LogP contribution is 2.22. The van der Waals surface area contributed by atoms with E-state index in [-0.39, 0.29) is 6.04 Å². The molecule has 2 atom stereocenters. The van der Waals surface area contributed by atoms with Crippen molar-refractivity contribution in [1.29, 1.82) is 0 Å². The van der Waals surface area contributed by atoms with Gasteiger partial charge in [-0.2, -0.15) is 0 Å². The van der Waals surface area contributed by atoms with Crippen LogP contribution < -0.4 is 10.5 Å². The predicted octanol–water partition coefficient (Wildman–Crippen LogP) is 1.74. The fourth-order valence-electron chi connectivity index (χ4n) is 1.57. The van der Waals surface area contributed by atoms with Crippen LogP contribution in [0.2, 0.25) is 0 Å². The van der Waals surface area contributed by atoms with Crippen LogP contribution in [-0.4, -0.2) is 23.2 Å². The minimum atomic E-state index is -0.975. The number of hydrogen-bond donors (Lipinski definition) is 2. The Hall–Kier alpha value is -1.55. The molecule has 0 aromatic heterocycles. The van der Waals surface area contributed by atoms with Crippen LogP contribution in [0.5, 0.6) is 5.75 Å². The van der Waals surface area contributed by atoms with Gasteiger partial charge in [0.1, 0.15) is 5.75 Å². The van der Waals surface area contributed by atoms with Gasteiger partial charge in [-0.1, -0.05) is 17.7 Å². The number of aryl methyl sites for hydroxylation is 1. The molecule has 4 heteroatoms. The molecule has 17 heavy (non-hydrogen) atoms. The molecule has 0 saturated heterocycles. The maximum atomic E-state index is 10.8. The fraction of sp³-hybridized carbons (Fsp3) is 0.462. The Morgan fingerprint density at radius 2 is 2.12 bits per heavy atom. The second kappa shape index (κ2) is 5.68. The van der Waals surface area contributed by atoms with Crippen LogP contribution in [-0.2, 0) is 11.2 Å². The van der Waals surface area contributed by atoms with Crippen LogP contribution >= 0.6 is 0 Å². The topological polar surface area (TPSA) is 72.5 Å². The summed E-state index contributed by atoms with van der Waals surface area (Å²) in [5, 5.41) is 8.82. The van der Waals surface area contributed by atoms with E-state index in [9.17, 15) is 4.79 Å². The van der Waals surface area contributed by atoms with E-state index in [1.165, 1.54) is 6.92 Å². The van der Waals surface area contributed by atoms with Crippen LogP contribution in [0, 0.1) is 6.92 Å². The number of rotatable bonds is 5. The molecule has 1 aromatic carbocycles. The zero-order chi connectivity index (χ0) is 13.0. The van der Waals surface area contributed by atoms with E-state index in [2.05, 4.69) is 0 Å². The Bertz CT molecular complexity index is 402. The second-order valence-corrected chi connectivity index (χ2v) is 4.39. The Morgan fingerprint density at radius 3 is 2.65 bits per heavy atom. The number of carboxylic acids is 1. The van der Waals surface area contributed by atoms with E-state index in [0.29, 0.717) is 12.2 Å². The van der Waals surface area contributed by atoms with Crippen molar-refractivity contribution in [3.05, 3.63) is 29.3 Å². The fourth-order valence-corrected chi connectivity index (χ4v) is 1.57. The zero-order valence-electron chi connectivity index (χ0n) is 10.4. The van der Waals surface area contributed by atoms with Gasteiger partial charge in [0.25, 0.3) is 0 Å². The zero-order valence-corrected chi connectivity index (χ0v) is 10.4. The van der Waals surface area contributed by atoms with Crippen molar-refractivity contribution in [2.45, 2.75) is 39.3 Å². The summed E-state index contributed by atoms with van der Waals surface area (Å²) in [7, 11) is 0. The smallest absolute Gasteiger partial charge is 0.344 e. The molecule has 0 aliphatic heterocycles. The number of benzene rings is 1. The number of nitrogens with two attached hydrogens (primary N) is 1. The van der Waals surface area contributed by atoms with Crippen LogP contribution in [0.25, 0.3) is 0 Å². The third kappa shape index (κ3) is 4.07. The van der Waals surface area contributed by atoms with E-state index in [1.54, 1.807) is 6.07 Å². The molecule has 2 unspecified atom stereocenters. The lowest BCUT2D eigenvalue weighted by Crippen LogP contribution is -2.24. The lowest BCUT2D eigenvalue weighted by molar-refractivity contribution is -0.144. The normalized spacial score (nSPS) is 14.1. The predicted molar refractivity (Wildman–Crippen MR) is 66.3 cm³/mol. The van der Waals surface area contributed by atoms with Crippen molar-refractivity contribution in [3.63, 3.8) is 0 Å². The Kier molecular flexibility index (Phi) is 4.52. The van der Waals surface area contributed by atoms with Crippen molar-refractivity contribution in [2.75, 3.05) is 0 Å². The number of carbonyl (C=O) groups is 1. The first kappa shape index (κ1) is 13.5. The van der Waals surface area contributed by atoms with E-state index in [1.807, 2.05) is 26.0 Å². The summed E-state index contributed by atoms with van der Waals surface area (Å²) < 4.78 is 5.41. The molecule has 0 amide bonds. The van der Waals surface area contributed by atoms with Crippen LogP contribution in [0.3, 0.4) is 0 Å². The molecule has 0 fully saturated rings. The van der Waals surface area contributed by atoms with Gasteiger partial charge in [-0.25, -0.2) is 4.79 Å². The molecule has 0 heterocycles. The molecule has 0 spiro atoms. The summed E-state index contributed by atoms with van der Waals surface area (Å²) in [6.45, 7) is 5.40. The average molecular weight is 237 g/mol. The number of ether oxygens (including phenoxy) is 1. The maximum Gasteiger partial charge on any atom is 0.344 e. The molecule has 94 valence electrons. The highest BCUT2D eigenvalue weighted by atomic mass is 16.5. The SMILES string of the molecule is Cc1ccc(OC(C)C(=O)O)c(CC(C)N)c1. The minimum absolute atomic E-state index is 0.0132. The van der Waals surface area contributed by atoms with Crippen LogP contribution in [0.15, 0.2) is 18.2 Å². The van der Waals surface area contributed by atoms with Crippen molar-refractivity contribution in [3.8, 4) is 5.75 Å². The van der Waals surface area contributed by atoms with Crippen molar-refractivity contribution in [1.82, 2.24) is 0 Å². The summed E-state index contributed by atoms with van der Waals surface area (Å²) in [4.78, 5) is 10.8. The average Bonchev–Trinajstić information content (AvgIpc) is 2.20. The summed E-state index contributed by atoms with van der Waals surface area (Å²) in [5.74, 6) is -0.375. The third-order valence-electron chi connectivity index (χ3n) is 2.41. The van der Waals surface area contributed by atoms with Crippen molar-refractivity contribution in [2.24, 2.45) is 5.73 Å². The van der Waals surface area contributed by atoms with Gasteiger partial charge >= 0.3 is 5.97 Å². The lowest BCUT2D eigenvalue weighted by atomic mass is 10.0. The first-order chi connectivity index (χ1) is 7.90. The van der Waals surface area contributed by atoms with E-state index >= 15 is 0 Å². The Morgan fingerprint density at radius 1 is 1.47 bits per heavy atom. The molecule has 0 aliphatic rings. The quantitative estimate of drug-likeness (QED) is 0.818. The molecule has 1 rings (SSSR count). The molecular weight excluding hydrogens is 218 g/mol. The molecule has 0 aliphatic carbocycles. The third-order valence-corrected chi connectivity index (χ3v) is 2.41. The number of hydrogen-bond acceptors (Lipinski definition) is 3. The number of aliphatic carboxylic acids is 1. The van der Waals surface area contributed by atoms with Gasteiger partial charge in [0.05, 0.1) is 0 Å². The maximum absolute atomic E-state index is 10.8. The van der Waals surface area contributed by atoms with Gasteiger partial charge in [0.2, 0.25) is 0 Å². The standard InChI is InChI=1S/C13H19NO3/c1-8-4-5-12(17-10(3)13(15)16)11(6-8)7-9(2)14/h4-6,9-10H,7,14H2,1-3H3,(H,15,16). The minimum Gasteiger partial charge on any atom is -0.479 e. The molecule has 0 radical (unpaired) electrons. The summed E-state index contributed by atoms with van der Waals surface area (Å²) in [5.41, 5.74) is 7.82. The molecule has 0 saturated carbocycles. The molecule has 0 bridgehead atoms. The van der Waals surface area contributed by atoms with Gasteiger partial charge in [-0.05, 0) is 38.8 Å². The highest BCUT2D eigenvalue weighted by molar-refractivity contribution is 5.72. The number of carboxylic acid groups (broad SMARTS) is 1. The van der Waals surface area contributed by atoms with Crippen molar-refractivity contribution < 1.29 is 14.6 Å². The lowest BCUT2D eigenvalue weighted by Gasteiger charge is -2.16. The largest absolute Gasteiger partial charge is 0.479 e. The summed E-state index contributed by atoms with van der Waals surface area (Å²) in [6, 6.07) is 5.69. The molecule has 4 nitrogen and oxygen atoms in total. The first-order valence-electron chi connectivity index (χ1n) is 5.64. The molecule has 1 aromatic rings. The Labute approximate surface area is 101 Å². The Balaban J connectivity index is 2.93. The van der Waals surface area contributed by atoms with E-state index < -0.39 is 12.1 Å². The summed E-state index contributed by atoms with van der Waals surface area (Å²) in [6.07, 6.45) is -0.187. The van der Waals surface area contributed by atoms with E-state index in [0.717, 1.165) is 11.1 Å². The van der Waals surface area contributed by atoms with Gasteiger partial charge in [-0.15, -0.1) is 0 Å². The van der Waals surface area contributed by atoms with E-state index in [4.69, 9.17) is 15.6 Å². The molecule has 3 N–H and O–H groups in total. The van der Waals surface area contributed by atoms with Gasteiger partial charge in [0.15, 0.2) is 6.10 Å². The van der Waals surface area contributed by atoms with Gasteiger partial charge < -0.3 is 15.6 Å². The van der Waals surface area contributed by atoms with Gasteiger partial charge in [-0.3, -0.25) is 0 Å². The first-order valence-corrected chi connectivity index (χ1v) is 5.64. The van der Waals surface area contributed by atoms with Crippen molar-refractivity contribution >= 4 is 5.97 Å². The van der Waals surface area contributed by atoms with Crippen LogP contribution in [0.1, 0.15) is 25.0 Å². The molecular formula is C13H19NO3. The second-order valence-electron chi connectivity index (χ2n) is 4.39. The van der Waals surface area contributed by atoms with Gasteiger partial charge in [0, 0.05) is 6.04 Å². The summed E-state index contributed by atoms with van der Waals surface area (Å²) >= 11 is 0. The highest BCUT2D eigenvalue weighted by Gasteiger charge is 2.15. The van der Waals surface area contributed by atoms with Crippen LogP contribution in [0.4, 0.5) is 0 Å².